The third-order valence-electron chi connectivity index (χ3n) is 11.9. The SMILES string of the molecule is CCCCCC/C=C\C/C=C\CCCCCCCC(=O)OCCCCCCCCCCCCCCCCCCC(=O)NC(CO)C(O)/C=C/CCCCCCCCCCC. The summed E-state index contributed by atoms with van der Waals surface area (Å²) in [5.41, 5.74) is 0. The summed E-state index contributed by atoms with van der Waals surface area (Å²) in [4.78, 5) is 24.4. The van der Waals surface area contributed by atoms with Gasteiger partial charge in [0.1, 0.15) is 0 Å². The van der Waals surface area contributed by atoms with Crippen LogP contribution in [0.5, 0.6) is 0 Å². The Hall–Kier alpha value is -1.92. The second-order valence-electron chi connectivity index (χ2n) is 17.9. The van der Waals surface area contributed by atoms with Crippen molar-refractivity contribution in [1.82, 2.24) is 5.32 Å². The first kappa shape index (κ1) is 58.1. The number of carbonyl (C=O) groups is 2. The maximum atomic E-state index is 12.4. The molecule has 60 heavy (non-hydrogen) atoms. The zero-order chi connectivity index (χ0) is 43.7. The quantitative estimate of drug-likeness (QED) is 0.0322. The molecule has 6 nitrogen and oxygen atoms in total. The van der Waals surface area contributed by atoms with Gasteiger partial charge in [-0.1, -0.05) is 230 Å². The van der Waals surface area contributed by atoms with E-state index in [4.69, 9.17) is 4.74 Å². The highest BCUT2D eigenvalue weighted by atomic mass is 16.5. The van der Waals surface area contributed by atoms with Gasteiger partial charge in [0.05, 0.1) is 25.4 Å². The molecule has 0 spiro atoms. The van der Waals surface area contributed by atoms with E-state index >= 15 is 0 Å². The first-order valence-electron chi connectivity index (χ1n) is 26.3. The minimum atomic E-state index is -0.848. The molecule has 0 aliphatic carbocycles. The molecule has 0 aliphatic heterocycles. The first-order chi connectivity index (χ1) is 29.5. The fourth-order valence-corrected chi connectivity index (χ4v) is 7.84. The molecule has 0 aromatic rings. The largest absolute Gasteiger partial charge is 0.466 e. The Bertz CT molecular complexity index is 977. The molecule has 0 aliphatic rings. The van der Waals surface area contributed by atoms with Crippen LogP contribution < -0.4 is 5.32 Å². The topological polar surface area (TPSA) is 95.9 Å². The van der Waals surface area contributed by atoms with E-state index in [9.17, 15) is 19.8 Å². The summed E-state index contributed by atoms with van der Waals surface area (Å²) in [6.45, 7) is 4.85. The molecule has 0 heterocycles. The number of allylic oxidation sites excluding steroid dienone is 5. The van der Waals surface area contributed by atoms with Gasteiger partial charge >= 0.3 is 5.97 Å². The Morgan fingerprint density at radius 1 is 0.467 bits per heavy atom. The zero-order valence-electron chi connectivity index (χ0n) is 39.9. The minimum absolute atomic E-state index is 0.0120. The summed E-state index contributed by atoms with van der Waals surface area (Å²) in [5.74, 6) is -0.0892. The number of ether oxygens (including phenoxy) is 1. The predicted molar refractivity (Wildman–Crippen MR) is 259 cm³/mol. The number of hydrogen-bond donors (Lipinski definition) is 3. The van der Waals surface area contributed by atoms with Crippen molar-refractivity contribution in [2.45, 2.75) is 283 Å². The van der Waals surface area contributed by atoms with Crippen LogP contribution in [0.2, 0.25) is 0 Å². The highest BCUT2D eigenvalue weighted by Crippen LogP contribution is 2.16. The molecule has 0 fully saturated rings. The molecule has 3 N–H and O–H groups in total. The number of aliphatic hydroxyl groups is 2. The molecule has 0 saturated heterocycles. The predicted octanol–water partition coefficient (Wildman–Crippen LogP) is 15.7. The van der Waals surface area contributed by atoms with Crippen LogP contribution in [0, 0.1) is 0 Å². The molecule has 0 aromatic heterocycles. The van der Waals surface area contributed by atoms with Gasteiger partial charge in [-0.05, 0) is 64.2 Å². The Labute approximate surface area is 373 Å². The van der Waals surface area contributed by atoms with Crippen molar-refractivity contribution in [2.24, 2.45) is 0 Å². The molecule has 6 heteroatoms. The van der Waals surface area contributed by atoms with Crippen molar-refractivity contribution in [1.29, 1.82) is 0 Å². The van der Waals surface area contributed by atoms with Gasteiger partial charge in [-0.2, -0.15) is 0 Å². The van der Waals surface area contributed by atoms with Crippen LogP contribution in [0.15, 0.2) is 36.5 Å². The van der Waals surface area contributed by atoms with E-state index in [0.29, 0.717) is 19.4 Å². The normalized spacial score (nSPS) is 12.9. The molecule has 0 saturated carbocycles. The number of esters is 1. The molecular weight excluding hydrogens is 743 g/mol. The van der Waals surface area contributed by atoms with Gasteiger partial charge in [0.2, 0.25) is 5.91 Å². The molecule has 2 unspecified atom stereocenters. The van der Waals surface area contributed by atoms with Gasteiger partial charge < -0.3 is 20.3 Å². The van der Waals surface area contributed by atoms with Crippen LogP contribution >= 0.6 is 0 Å². The average Bonchev–Trinajstić information content (AvgIpc) is 3.25. The maximum Gasteiger partial charge on any atom is 0.305 e. The second kappa shape index (κ2) is 49.7. The van der Waals surface area contributed by atoms with Gasteiger partial charge in [0.25, 0.3) is 0 Å². The Morgan fingerprint density at radius 3 is 1.28 bits per heavy atom. The monoisotopic (exact) mass is 844 g/mol. The van der Waals surface area contributed by atoms with E-state index < -0.39 is 12.1 Å². The lowest BCUT2D eigenvalue weighted by Gasteiger charge is -2.20. The van der Waals surface area contributed by atoms with Crippen molar-refractivity contribution in [3.05, 3.63) is 36.5 Å². The summed E-state index contributed by atoms with van der Waals surface area (Å²) >= 11 is 0. The van der Waals surface area contributed by atoms with E-state index in [0.717, 1.165) is 57.8 Å². The number of unbranched alkanes of at least 4 members (excludes halogenated alkanes) is 33. The molecule has 2 atom stereocenters. The molecule has 352 valence electrons. The number of hydrogen-bond acceptors (Lipinski definition) is 5. The summed E-state index contributed by atoms with van der Waals surface area (Å²) in [6.07, 6.45) is 60.0. The van der Waals surface area contributed by atoms with Crippen molar-refractivity contribution >= 4 is 11.9 Å². The first-order valence-corrected chi connectivity index (χ1v) is 26.3. The highest BCUT2D eigenvalue weighted by molar-refractivity contribution is 5.76. The van der Waals surface area contributed by atoms with Gasteiger partial charge in [0, 0.05) is 12.8 Å². The summed E-state index contributed by atoms with van der Waals surface area (Å²) in [6, 6.07) is -0.632. The Balaban J connectivity index is 3.44. The van der Waals surface area contributed by atoms with Crippen molar-refractivity contribution in [2.75, 3.05) is 13.2 Å². The van der Waals surface area contributed by atoms with Gasteiger partial charge in [-0.3, -0.25) is 9.59 Å². The minimum Gasteiger partial charge on any atom is -0.466 e. The van der Waals surface area contributed by atoms with Crippen LogP contribution in [0.3, 0.4) is 0 Å². The van der Waals surface area contributed by atoms with Crippen LogP contribution in [0.4, 0.5) is 0 Å². The maximum absolute atomic E-state index is 12.4. The lowest BCUT2D eigenvalue weighted by Crippen LogP contribution is -2.45. The lowest BCUT2D eigenvalue weighted by atomic mass is 10.0. The second-order valence-corrected chi connectivity index (χ2v) is 17.9. The Morgan fingerprint density at radius 2 is 0.833 bits per heavy atom. The van der Waals surface area contributed by atoms with Gasteiger partial charge in [0.15, 0.2) is 0 Å². The van der Waals surface area contributed by atoms with E-state index in [2.05, 4.69) is 43.5 Å². The number of carbonyl (C=O) groups excluding carboxylic acids is 2. The highest BCUT2D eigenvalue weighted by Gasteiger charge is 2.18. The number of amides is 1. The fourth-order valence-electron chi connectivity index (χ4n) is 7.84. The van der Waals surface area contributed by atoms with Crippen molar-refractivity contribution in [3.63, 3.8) is 0 Å². The van der Waals surface area contributed by atoms with Gasteiger partial charge in [-0.15, -0.1) is 0 Å². The van der Waals surface area contributed by atoms with Crippen LogP contribution in [0.25, 0.3) is 0 Å². The molecule has 0 aromatic carbocycles. The molecule has 0 radical (unpaired) electrons. The van der Waals surface area contributed by atoms with Crippen LogP contribution in [-0.4, -0.2) is 47.4 Å². The summed E-state index contributed by atoms with van der Waals surface area (Å²) in [5, 5.41) is 23.0. The molecule has 0 rings (SSSR count). The fraction of sp³-hybridized carbons (Fsp3) is 0.852. The molecular formula is C54H101NO5. The third kappa shape index (κ3) is 45.6. The number of rotatable bonds is 48. The summed E-state index contributed by atoms with van der Waals surface area (Å²) < 4.78 is 5.46. The molecule has 1 amide bonds. The van der Waals surface area contributed by atoms with Crippen molar-refractivity contribution in [3.8, 4) is 0 Å². The average molecular weight is 844 g/mol. The number of nitrogens with one attached hydrogen (secondary N) is 1. The van der Waals surface area contributed by atoms with E-state index in [1.165, 1.54) is 186 Å². The lowest BCUT2D eigenvalue weighted by molar-refractivity contribution is -0.143. The van der Waals surface area contributed by atoms with Crippen LogP contribution in [0.1, 0.15) is 271 Å². The van der Waals surface area contributed by atoms with E-state index in [-0.39, 0.29) is 18.5 Å². The van der Waals surface area contributed by atoms with Crippen LogP contribution in [-0.2, 0) is 14.3 Å². The zero-order valence-corrected chi connectivity index (χ0v) is 39.9. The van der Waals surface area contributed by atoms with E-state index in [1.807, 2.05) is 6.08 Å². The van der Waals surface area contributed by atoms with E-state index in [1.54, 1.807) is 6.08 Å². The molecule has 0 bridgehead atoms. The number of aliphatic hydroxyl groups excluding tert-OH is 2. The smallest absolute Gasteiger partial charge is 0.305 e. The third-order valence-corrected chi connectivity index (χ3v) is 11.9. The standard InChI is InChI=1S/C54H101NO5/c1-3-5-7-9-11-13-15-16-17-21-24-28-32-36-40-44-48-54(59)60-49-45-41-37-33-29-25-22-19-18-20-23-27-31-35-39-43-47-53(58)55-51(50-56)52(57)46-42-38-34-30-26-14-12-10-8-6-4-2/h13,15,17,21,42,46,51-52,56-57H,3-12,14,16,18-20,22-41,43-45,47-50H2,1-2H3,(H,55,58)/b15-13-,21-17-,46-42+. The summed E-state index contributed by atoms with van der Waals surface area (Å²) in [7, 11) is 0. The van der Waals surface area contributed by atoms with Crippen molar-refractivity contribution < 1.29 is 24.5 Å². The van der Waals surface area contributed by atoms with Gasteiger partial charge in [-0.25, -0.2) is 0 Å². The Kier molecular flexibility index (Phi) is 48.1.